The molecule has 0 aliphatic carbocycles. The molecule has 0 unspecified atom stereocenters. The van der Waals surface area contributed by atoms with Crippen LogP contribution in [0.25, 0.3) is 0 Å². The lowest BCUT2D eigenvalue weighted by molar-refractivity contribution is 0.113. The van der Waals surface area contributed by atoms with Gasteiger partial charge in [-0.15, -0.1) is 0 Å². The Kier molecular flexibility index (Phi) is 6.12. The van der Waals surface area contributed by atoms with Crippen LogP contribution in [0.3, 0.4) is 0 Å². The van der Waals surface area contributed by atoms with Gasteiger partial charge < -0.3 is 10.0 Å². The second-order valence-electron chi connectivity index (χ2n) is 4.23. The Morgan fingerprint density at radius 3 is 2.12 bits per heavy atom. The lowest BCUT2D eigenvalue weighted by Gasteiger charge is -2.24. The van der Waals surface area contributed by atoms with Crippen molar-refractivity contribution in [1.82, 2.24) is 4.90 Å². The van der Waals surface area contributed by atoms with Gasteiger partial charge in [0.15, 0.2) is 0 Å². The van der Waals surface area contributed by atoms with E-state index in [4.69, 9.17) is 0 Å². The number of benzene rings is 1. The molecule has 0 saturated heterocycles. The molecule has 0 fully saturated rings. The first kappa shape index (κ1) is 13.2. The minimum atomic E-state index is -0.362. The normalized spacial score (nSPS) is 13.0. The van der Waals surface area contributed by atoms with Gasteiger partial charge in [-0.2, -0.15) is 0 Å². The Bertz CT molecular complexity index is 267. The summed E-state index contributed by atoms with van der Waals surface area (Å²) in [4.78, 5) is 2.33. The third-order valence-electron chi connectivity index (χ3n) is 2.70. The van der Waals surface area contributed by atoms with E-state index in [1.165, 1.54) is 0 Å². The van der Waals surface area contributed by atoms with Gasteiger partial charge in [0.1, 0.15) is 0 Å². The highest BCUT2D eigenvalue weighted by molar-refractivity contribution is 5.17. The van der Waals surface area contributed by atoms with Crippen molar-refractivity contribution in [3.63, 3.8) is 0 Å². The smallest absolute Gasteiger partial charge is 0.0916 e. The highest BCUT2D eigenvalue weighted by Crippen LogP contribution is 2.13. The molecule has 0 aliphatic heterocycles. The van der Waals surface area contributed by atoms with Crippen LogP contribution >= 0.6 is 0 Å². The molecule has 0 saturated carbocycles. The number of aliphatic hydroxyl groups is 1. The molecule has 1 N–H and O–H groups in total. The Morgan fingerprint density at radius 2 is 1.62 bits per heavy atom. The number of nitrogens with zero attached hydrogens (tertiary/aromatic N) is 1. The van der Waals surface area contributed by atoms with Gasteiger partial charge in [0.2, 0.25) is 0 Å². The van der Waals surface area contributed by atoms with Gasteiger partial charge in [0.05, 0.1) is 6.10 Å². The van der Waals surface area contributed by atoms with Crippen molar-refractivity contribution in [1.29, 1.82) is 0 Å². The van der Waals surface area contributed by atoms with Crippen LogP contribution in [0.1, 0.15) is 38.4 Å². The van der Waals surface area contributed by atoms with Crippen LogP contribution in [0.2, 0.25) is 0 Å². The fourth-order valence-corrected chi connectivity index (χ4v) is 1.95. The molecule has 0 spiro atoms. The van der Waals surface area contributed by atoms with Crippen molar-refractivity contribution in [2.45, 2.75) is 32.8 Å². The van der Waals surface area contributed by atoms with E-state index >= 15 is 0 Å². The van der Waals surface area contributed by atoms with Gasteiger partial charge in [0.25, 0.3) is 0 Å². The third kappa shape index (κ3) is 4.33. The number of rotatable bonds is 7. The first-order valence-electron chi connectivity index (χ1n) is 6.23. The summed E-state index contributed by atoms with van der Waals surface area (Å²) in [5.41, 5.74) is 1.01. The standard InChI is InChI=1S/C14H23NO/c1-3-10-15(11-4-2)12-14(16)13-8-6-5-7-9-13/h5-9,14,16H,3-4,10-12H2,1-2H3/t14-/m1/s1. The molecule has 90 valence electrons. The van der Waals surface area contributed by atoms with Crippen molar-refractivity contribution in [3.8, 4) is 0 Å². The quantitative estimate of drug-likeness (QED) is 0.765. The molecule has 1 aromatic rings. The van der Waals surface area contributed by atoms with Crippen molar-refractivity contribution in [2.75, 3.05) is 19.6 Å². The van der Waals surface area contributed by atoms with Crippen molar-refractivity contribution in [2.24, 2.45) is 0 Å². The number of hydrogen-bond donors (Lipinski definition) is 1. The molecule has 0 aliphatic rings. The van der Waals surface area contributed by atoms with E-state index in [9.17, 15) is 5.11 Å². The summed E-state index contributed by atoms with van der Waals surface area (Å²) >= 11 is 0. The predicted octanol–water partition coefficient (Wildman–Crippen LogP) is 2.84. The predicted molar refractivity (Wildman–Crippen MR) is 68.4 cm³/mol. The van der Waals surface area contributed by atoms with Gasteiger partial charge in [-0.25, -0.2) is 0 Å². The van der Waals surface area contributed by atoms with Crippen LogP contribution in [0, 0.1) is 0 Å². The summed E-state index contributed by atoms with van der Waals surface area (Å²) in [5.74, 6) is 0. The summed E-state index contributed by atoms with van der Waals surface area (Å²) in [6.07, 6.45) is 1.92. The molecule has 2 nitrogen and oxygen atoms in total. The fourth-order valence-electron chi connectivity index (χ4n) is 1.95. The van der Waals surface area contributed by atoms with Crippen molar-refractivity contribution in [3.05, 3.63) is 35.9 Å². The van der Waals surface area contributed by atoms with Gasteiger partial charge in [-0.1, -0.05) is 44.2 Å². The third-order valence-corrected chi connectivity index (χ3v) is 2.70. The van der Waals surface area contributed by atoms with Crippen molar-refractivity contribution < 1.29 is 5.11 Å². The minimum Gasteiger partial charge on any atom is -0.387 e. The Hall–Kier alpha value is -0.860. The topological polar surface area (TPSA) is 23.5 Å². The van der Waals surface area contributed by atoms with Crippen LogP contribution in [0.4, 0.5) is 0 Å². The van der Waals surface area contributed by atoms with Gasteiger partial charge >= 0.3 is 0 Å². The van der Waals surface area contributed by atoms with E-state index in [2.05, 4.69) is 18.7 Å². The van der Waals surface area contributed by atoms with E-state index in [1.54, 1.807) is 0 Å². The Balaban J connectivity index is 2.50. The lowest BCUT2D eigenvalue weighted by Crippen LogP contribution is -2.30. The van der Waals surface area contributed by atoms with Crippen LogP contribution in [0.5, 0.6) is 0 Å². The average Bonchev–Trinajstić information content (AvgIpc) is 2.31. The maximum atomic E-state index is 10.1. The molecule has 16 heavy (non-hydrogen) atoms. The molecule has 0 heterocycles. The first-order chi connectivity index (χ1) is 7.77. The summed E-state index contributed by atoms with van der Waals surface area (Å²) in [6.45, 7) is 7.23. The SMILES string of the molecule is CCCN(CCC)C[C@@H](O)c1ccccc1. The molecule has 0 radical (unpaired) electrons. The largest absolute Gasteiger partial charge is 0.387 e. The molecular formula is C14H23NO. The molecule has 0 aromatic heterocycles. The Labute approximate surface area is 98.9 Å². The zero-order chi connectivity index (χ0) is 11.8. The molecule has 2 heteroatoms. The fraction of sp³-hybridized carbons (Fsp3) is 0.571. The maximum Gasteiger partial charge on any atom is 0.0916 e. The van der Waals surface area contributed by atoms with E-state index in [-0.39, 0.29) is 6.10 Å². The first-order valence-corrected chi connectivity index (χ1v) is 6.23. The summed E-state index contributed by atoms with van der Waals surface area (Å²) < 4.78 is 0. The molecule has 1 aromatic carbocycles. The van der Waals surface area contributed by atoms with Gasteiger partial charge in [-0.05, 0) is 31.5 Å². The molecule has 0 amide bonds. The van der Waals surface area contributed by atoms with Crippen LogP contribution in [-0.2, 0) is 0 Å². The highest BCUT2D eigenvalue weighted by Gasteiger charge is 2.11. The zero-order valence-corrected chi connectivity index (χ0v) is 10.4. The monoisotopic (exact) mass is 221 g/mol. The number of hydrogen-bond acceptors (Lipinski definition) is 2. The highest BCUT2D eigenvalue weighted by atomic mass is 16.3. The maximum absolute atomic E-state index is 10.1. The lowest BCUT2D eigenvalue weighted by atomic mass is 10.1. The van der Waals surface area contributed by atoms with E-state index < -0.39 is 0 Å². The Morgan fingerprint density at radius 1 is 1.06 bits per heavy atom. The second kappa shape index (κ2) is 7.42. The van der Waals surface area contributed by atoms with Crippen LogP contribution in [-0.4, -0.2) is 29.6 Å². The van der Waals surface area contributed by atoms with E-state index in [0.717, 1.165) is 38.0 Å². The van der Waals surface area contributed by atoms with Crippen LogP contribution < -0.4 is 0 Å². The molecule has 0 bridgehead atoms. The number of aliphatic hydroxyl groups excluding tert-OH is 1. The average molecular weight is 221 g/mol. The van der Waals surface area contributed by atoms with E-state index in [0.29, 0.717) is 0 Å². The second-order valence-corrected chi connectivity index (χ2v) is 4.23. The molecule has 1 rings (SSSR count). The van der Waals surface area contributed by atoms with Crippen molar-refractivity contribution >= 4 is 0 Å². The minimum absolute atomic E-state index is 0.362. The zero-order valence-electron chi connectivity index (χ0n) is 10.4. The summed E-state index contributed by atoms with van der Waals surface area (Å²) in [6, 6.07) is 9.90. The summed E-state index contributed by atoms with van der Waals surface area (Å²) in [7, 11) is 0. The molecule has 1 atom stereocenters. The van der Waals surface area contributed by atoms with Gasteiger partial charge in [-0.3, -0.25) is 0 Å². The molecular weight excluding hydrogens is 198 g/mol. The van der Waals surface area contributed by atoms with Gasteiger partial charge in [0, 0.05) is 6.54 Å². The van der Waals surface area contributed by atoms with E-state index in [1.807, 2.05) is 30.3 Å². The summed E-state index contributed by atoms with van der Waals surface area (Å²) in [5, 5.41) is 10.1. The van der Waals surface area contributed by atoms with Crippen LogP contribution in [0.15, 0.2) is 30.3 Å².